The summed E-state index contributed by atoms with van der Waals surface area (Å²) in [6.07, 6.45) is 0. The number of carbonyl (C=O) groups is 1. The fraction of sp³-hybridized carbons (Fsp3) is 0.0588. The minimum Gasteiger partial charge on any atom is -0.293 e. The molecule has 1 heterocycles. The van der Waals surface area contributed by atoms with E-state index in [1.54, 1.807) is 36.4 Å². The van der Waals surface area contributed by atoms with Gasteiger partial charge >= 0.3 is 0 Å². The summed E-state index contributed by atoms with van der Waals surface area (Å²) < 4.78 is 26.9. The number of aromatic nitrogens is 1. The topological polar surface area (TPSA) is 79.9 Å². The van der Waals surface area contributed by atoms with E-state index in [4.69, 9.17) is 0 Å². The summed E-state index contributed by atoms with van der Waals surface area (Å²) in [5.74, 6) is -0.385. The van der Waals surface area contributed by atoms with Gasteiger partial charge in [0.1, 0.15) is 5.69 Å². The third kappa shape index (κ3) is 2.31. The molecule has 0 saturated carbocycles. The second kappa shape index (κ2) is 5.38. The van der Waals surface area contributed by atoms with Crippen molar-refractivity contribution in [3.05, 3.63) is 65.9 Å². The van der Waals surface area contributed by atoms with Gasteiger partial charge in [-0.15, -0.1) is 0 Å². The molecule has 0 fully saturated rings. The highest BCUT2D eigenvalue weighted by atomic mass is 32.2. The normalized spacial score (nSPS) is 11.3. The Morgan fingerprint density at radius 3 is 2.39 bits per heavy atom. The quantitative estimate of drug-likeness (QED) is 0.694. The predicted molar refractivity (Wildman–Crippen MR) is 85.7 cm³/mol. The molecule has 0 spiro atoms. The molecule has 0 unspecified atom stereocenters. The van der Waals surface area contributed by atoms with Gasteiger partial charge in [-0.3, -0.25) is 4.79 Å². The van der Waals surface area contributed by atoms with Crippen molar-refractivity contribution >= 4 is 26.7 Å². The molecule has 3 aromatic rings. The number of carbonyl (C=O) groups excluding carboxylic acids is 1. The van der Waals surface area contributed by atoms with Crippen LogP contribution < -0.4 is 0 Å². The van der Waals surface area contributed by atoms with Crippen LogP contribution in [-0.2, 0) is 10.0 Å². The largest absolute Gasteiger partial charge is 0.293 e. The van der Waals surface area contributed by atoms with Gasteiger partial charge in [0.05, 0.1) is 22.0 Å². The molecular formula is C17H12N2O3S. The van der Waals surface area contributed by atoms with Crippen LogP contribution in [0.3, 0.4) is 0 Å². The zero-order valence-corrected chi connectivity index (χ0v) is 13.0. The van der Waals surface area contributed by atoms with Crippen molar-refractivity contribution in [3.8, 4) is 6.07 Å². The lowest BCUT2D eigenvalue weighted by Gasteiger charge is -2.10. The van der Waals surface area contributed by atoms with E-state index >= 15 is 0 Å². The number of nitrogens with zero attached hydrogens (tertiary/aromatic N) is 2. The van der Waals surface area contributed by atoms with Crippen molar-refractivity contribution < 1.29 is 13.2 Å². The van der Waals surface area contributed by atoms with E-state index in [1.165, 1.54) is 25.1 Å². The van der Waals surface area contributed by atoms with Crippen LogP contribution in [0.25, 0.3) is 10.9 Å². The maximum Gasteiger partial charge on any atom is 0.268 e. The summed E-state index contributed by atoms with van der Waals surface area (Å²) in [6.45, 7) is 1.30. The van der Waals surface area contributed by atoms with Gasteiger partial charge in [-0.25, -0.2) is 12.4 Å². The van der Waals surface area contributed by atoms with E-state index < -0.39 is 10.0 Å². The molecule has 2 aromatic carbocycles. The SMILES string of the molecule is CC(=O)c1cc2c(C#N)cccc2n1S(=O)(=O)c1ccccc1. The number of rotatable bonds is 3. The third-order valence-corrected chi connectivity index (χ3v) is 5.31. The number of nitriles is 1. The lowest BCUT2D eigenvalue weighted by atomic mass is 10.1. The second-order valence-corrected chi connectivity index (χ2v) is 6.81. The van der Waals surface area contributed by atoms with Crippen molar-refractivity contribution in [1.29, 1.82) is 5.26 Å². The van der Waals surface area contributed by atoms with Crippen LogP contribution in [0, 0.1) is 11.3 Å². The fourth-order valence-electron chi connectivity index (χ4n) is 2.51. The maximum absolute atomic E-state index is 13.0. The Hall–Kier alpha value is -2.91. The summed E-state index contributed by atoms with van der Waals surface area (Å²) in [7, 11) is -3.94. The first-order valence-electron chi connectivity index (χ1n) is 6.83. The first-order valence-corrected chi connectivity index (χ1v) is 8.27. The molecule has 0 amide bonds. The van der Waals surface area contributed by atoms with Crippen molar-refractivity contribution in [2.24, 2.45) is 0 Å². The number of hydrogen-bond acceptors (Lipinski definition) is 4. The van der Waals surface area contributed by atoms with Crippen LogP contribution in [0.1, 0.15) is 23.0 Å². The second-order valence-electron chi connectivity index (χ2n) is 5.02. The van der Waals surface area contributed by atoms with Crippen molar-refractivity contribution in [2.45, 2.75) is 11.8 Å². The number of Topliss-reactive ketones (excluding diaryl/α,β-unsaturated/α-hetero) is 1. The lowest BCUT2D eigenvalue weighted by Crippen LogP contribution is -2.17. The minimum atomic E-state index is -3.94. The Labute approximate surface area is 133 Å². The van der Waals surface area contributed by atoms with E-state index in [9.17, 15) is 18.5 Å². The Balaban J connectivity index is 2.44. The Morgan fingerprint density at radius 1 is 1.09 bits per heavy atom. The molecule has 3 rings (SSSR count). The Morgan fingerprint density at radius 2 is 1.78 bits per heavy atom. The van der Waals surface area contributed by atoms with Crippen LogP contribution in [0.2, 0.25) is 0 Å². The summed E-state index contributed by atoms with van der Waals surface area (Å²) >= 11 is 0. The molecule has 0 saturated heterocycles. The average molecular weight is 324 g/mol. The van der Waals surface area contributed by atoms with E-state index in [0.29, 0.717) is 16.5 Å². The summed E-state index contributed by atoms with van der Waals surface area (Å²) in [6, 6.07) is 16.1. The standard InChI is InChI=1S/C17H12N2O3S/c1-12(20)17-10-15-13(11-18)6-5-9-16(15)19(17)23(21,22)14-7-3-2-4-8-14/h2-10H,1H3. The number of ketones is 1. The molecule has 0 atom stereocenters. The molecule has 0 aliphatic carbocycles. The molecule has 114 valence electrons. The first kappa shape index (κ1) is 15.0. The van der Waals surface area contributed by atoms with E-state index in [0.717, 1.165) is 3.97 Å². The van der Waals surface area contributed by atoms with Crippen LogP contribution in [0.5, 0.6) is 0 Å². The minimum absolute atomic E-state index is 0.0338. The molecule has 0 bridgehead atoms. The summed E-state index contributed by atoms with van der Waals surface area (Å²) in [5, 5.41) is 9.64. The zero-order valence-electron chi connectivity index (χ0n) is 12.2. The van der Waals surface area contributed by atoms with Crippen LogP contribution in [-0.4, -0.2) is 18.2 Å². The van der Waals surface area contributed by atoms with Crippen molar-refractivity contribution in [3.63, 3.8) is 0 Å². The summed E-state index contributed by atoms with van der Waals surface area (Å²) in [5.41, 5.74) is 0.677. The van der Waals surface area contributed by atoms with Crippen LogP contribution >= 0.6 is 0 Å². The Kier molecular flexibility index (Phi) is 3.51. The average Bonchev–Trinajstić information content (AvgIpc) is 2.96. The highest BCUT2D eigenvalue weighted by molar-refractivity contribution is 7.90. The van der Waals surface area contributed by atoms with E-state index in [-0.39, 0.29) is 16.4 Å². The van der Waals surface area contributed by atoms with Crippen LogP contribution in [0.15, 0.2) is 59.5 Å². The van der Waals surface area contributed by atoms with Crippen molar-refractivity contribution in [2.75, 3.05) is 0 Å². The van der Waals surface area contributed by atoms with E-state index in [2.05, 4.69) is 0 Å². The molecular weight excluding hydrogens is 312 g/mol. The van der Waals surface area contributed by atoms with Crippen LogP contribution in [0.4, 0.5) is 0 Å². The van der Waals surface area contributed by atoms with E-state index in [1.807, 2.05) is 6.07 Å². The van der Waals surface area contributed by atoms with Gasteiger partial charge in [-0.1, -0.05) is 24.3 Å². The van der Waals surface area contributed by atoms with Gasteiger partial charge in [-0.2, -0.15) is 5.26 Å². The molecule has 0 N–H and O–H groups in total. The number of benzene rings is 2. The van der Waals surface area contributed by atoms with Gasteiger partial charge in [0.25, 0.3) is 10.0 Å². The molecule has 0 radical (unpaired) electrons. The molecule has 6 heteroatoms. The first-order chi connectivity index (χ1) is 11.0. The molecule has 5 nitrogen and oxygen atoms in total. The maximum atomic E-state index is 13.0. The molecule has 23 heavy (non-hydrogen) atoms. The fourth-order valence-corrected chi connectivity index (χ4v) is 4.08. The van der Waals surface area contributed by atoms with Gasteiger partial charge in [0.2, 0.25) is 0 Å². The predicted octanol–water partition coefficient (Wildman–Crippen LogP) is 2.95. The highest BCUT2D eigenvalue weighted by Gasteiger charge is 2.25. The summed E-state index contributed by atoms with van der Waals surface area (Å²) in [4.78, 5) is 12.0. The van der Waals surface area contributed by atoms with Gasteiger partial charge in [0.15, 0.2) is 5.78 Å². The number of hydrogen-bond donors (Lipinski definition) is 0. The monoisotopic (exact) mass is 324 g/mol. The molecule has 0 aliphatic rings. The third-order valence-electron chi connectivity index (χ3n) is 3.56. The molecule has 1 aromatic heterocycles. The zero-order chi connectivity index (χ0) is 16.6. The Bertz CT molecular complexity index is 1060. The molecule has 0 aliphatic heterocycles. The highest BCUT2D eigenvalue weighted by Crippen LogP contribution is 2.28. The van der Waals surface area contributed by atoms with Gasteiger partial charge in [0, 0.05) is 12.3 Å². The number of fused-ring (bicyclic) bond motifs is 1. The lowest BCUT2D eigenvalue weighted by molar-refractivity contribution is 0.101. The van der Waals surface area contributed by atoms with Crippen molar-refractivity contribution in [1.82, 2.24) is 3.97 Å². The smallest absolute Gasteiger partial charge is 0.268 e. The van der Waals surface area contributed by atoms with Gasteiger partial charge in [-0.05, 0) is 30.3 Å². The van der Waals surface area contributed by atoms with Gasteiger partial charge < -0.3 is 0 Å².